The van der Waals surface area contributed by atoms with Crippen molar-refractivity contribution in [2.24, 2.45) is 0 Å². The molecule has 0 saturated carbocycles. The summed E-state index contributed by atoms with van der Waals surface area (Å²) < 4.78 is 0.967. The number of carboxylic acid groups (broad SMARTS) is 1. The van der Waals surface area contributed by atoms with E-state index in [0.29, 0.717) is 5.69 Å². The first-order valence-corrected chi connectivity index (χ1v) is 4.76. The molecular weight excluding hydrogens is 242 g/mol. The van der Waals surface area contributed by atoms with Gasteiger partial charge in [-0.3, -0.25) is 0 Å². The lowest BCUT2D eigenvalue weighted by Gasteiger charge is -2.02. The zero-order valence-corrected chi connectivity index (χ0v) is 9.14. The lowest BCUT2D eigenvalue weighted by molar-refractivity contribution is -0.394. The predicted molar refractivity (Wildman–Crippen MR) is 57.5 cm³/mol. The summed E-state index contributed by atoms with van der Waals surface area (Å²) in [6, 6.07) is 2.88. The van der Waals surface area contributed by atoms with Gasteiger partial charge in [-0.15, -0.1) is 4.68 Å². The van der Waals surface area contributed by atoms with Gasteiger partial charge in [-0.25, -0.2) is 9.78 Å². The zero-order valence-electron chi connectivity index (χ0n) is 9.14. The van der Waals surface area contributed by atoms with Crippen molar-refractivity contribution in [1.82, 2.24) is 19.7 Å². The minimum Gasteiger partial charge on any atom is -0.478 e. The molecule has 2 aromatic heterocycles. The third-order valence-corrected chi connectivity index (χ3v) is 2.10. The molecule has 9 nitrogen and oxygen atoms in total. The summed E-state index contributed by atoms with van der Waals surface area (Å²) in [5.74, 6) is -1.83. The molecule has 0 radical (unpaired) electrons. The van der Waals surface area contributed by atoms with Crippen molar-refractivity contribution in [3.63, 3.8) is 0 Å². The van der Waals surface area contributed by atoms with Crippen LogP contribution in [0.3, 0.4) is 0 Å². The Bertz CT molecular complexity index is 636. The van der Waals surface area contributed by atoms with E-state index in [0.717, 1.165) is 11.0 Å². The summed E-state index contributed by atoms with van der Waals surface area (Å²) in [6.45, 7) is 1.67. The summed E-state index contributed by atoms with van der Waals surface area (Å²) in [5.41, 5.74) is 0.452. The molecule has 0 spiro atoms. The zero-order chi connectivity index (χ0) is 13.3. The van der Waals surface area contributed by atoms with Crippen LogP contribution >= 0.6 is 0 Å². The number of rotatable bonds is 3. The smallest absolute Gasteiger partial charge is 0.478 e. The molecule has 9 heteroatoms. The molecule has 0 unspecified atom stereocenters. The number of nitrogens with zero attached hydrogens (tertiary/aromatic N) is 5. The van der Waals surface area contributed by atoms with Crippen molar-refractivity contribution in [2.45, 2.75) is 6.92 Å². The van der Waals surface area contributed by atoms with E-state index in [1.807, 2.05) is 0 Å². The lowest BCUT2D eigenvalue weighted by Crippen LogP contribution is -2.09. The Labute approximate surface area is 99.9 Å². The number of hydrogen-bond donors (Lipinski definition) is 1. The predicted octanol–water partition coefficient (Wildman–Crippen LogP) is 0.577. The Kier molecular flexibility index (Phi) is 2.72. The van der Waals surface area contributed by atoms with Crippen molar-refractivity contribution in [3.05, 3.63) is 39.8 Å². The fourth-order valence-electron chi connectivity index (χ4n) is 1.32. The number of pyridine rings is 1. The van der Waals surface area contributed by atoms with Gasteiger partial charge in [-0.2, -0.15) is 0 Å². The molecule has 0 aliphatic rings. The Hall–Kier alpha value is -2.84. The molecule has 0 aliphatic carbocycles. The number of carboxylic acids is 1. The maximum absolute atomic E-state index is 11.0. The molecule has 92 valence electrons. The van der Waals surface area contributed by atoms with Gasteiger partial charge in [0.25, 0.3) is 0 Å². The van der Waals surface area contributed by atoms with E-state index in [1.54, 1.807) is 6.92 Å². The standard InChI is InChI=1S/C9H7N5O4/c1-5-2-3-6(8(15)16)7(11-5)13-4-10-9(12-13)14(17)18/h2-4H,1H3,(H,15,16). The van der Waals surface area contributed by atoms with E-state index in [2.05, 4.69) is 15.1 Å². The number of aromatic nitrogens is 4. The normalized spacial score (nSPS) is 10.3. The third-order valence-electron chi connectivity index (χ3n) is 2.10. The molecule has 18 heavy (non-hydrogen) atoms. The third kappa shape index (κ3) is 2.00. The van der Waals surface area contributed by atoms with Gasteiger partial charge in [0.15, 0.2) is 5.82 Å². The highest BCUT2D eigenvalue weighted by Gasteiger charge is 2.20. The molecular formula is C9H7N5O4. The van der Waals surface area contributed by atoms with Crippen LogP contribution in [0.1, 0.15) is 16.1 Å². The topological polar surface area (TPSA) is 124 Å². The summed E-state index contributed by atoms with van der Waals surface area (Å²) in [4.78, 5) is 28.1. The van der Waals surface area contributed by atoms with Crippen LogP contribution in [-0.2, 0) is 0 Å². The van der Waals surface area contributed by atoms with Crippen molar-refractivity contribution in [1.29, 1.82) is 0 Å². The van der Waals surface area contributed by atoms with Crippen molar-refractivity contribution >= 4 is 11.9 Å². The number of nitro groups is 1. The number of aromatic carboxylic acids is 1. The Morgan fingerprint density at radius 2 is 2.22 bits per heavy atom. The lowest BCUT2D eigenvalue weighted by atomic mass is 10.2. The van der Waals surface area contributed by atoms with E-state index >= 15 is 0 Å². The number of hydrogen-bond acceptors (Lipinski definition) is 6. The SMILES string of the molecule is Cc1ccc(C(=O)O)c(-n2cnc([N+](=O)[O-])n2)n1. The maximum atomic E-state index is 11.0. The minimum absolute atomic E-state index is 0.0110. The molecule has 2 heterocycles. The van der Waals surface area contributed by atoms with Crippen LogP contribution in [0.15, 0.2) is 18.5 Å². The molecule has 0 aliphatic heterocycles. The fraction of sp³-hybridized carbons (Fsp3) is 0.111. The second-order valence-electron chi connectivity index (χ2n) is 3.38. The number of aryl methyl sites for hydroxylation is 1. The Morgan fingerprint density at radius 3 is 2.78 bits per heavy atom. The summed E-state index contributed by atoms with van der Waals surface area (Å²) in [7, 11) is 0. The van der Waals surface area contributed by atoms with Crippen LogP contribution in [0.25, 0.3) is 5.82 Å². The first-order valence-electron chi connectivity index (χ1n) is 4.76. The van der Waals surface area contributed by atoms with Crippen LogP contribution < -0.4 is 0 Å². The highest BCUT2D eigenvalue weighted by atomic mass is 16.6. The van der Waals surface area contributed by atoms with Gasteiger partial charge < -0.3 is 15.2 Å². The molecule has 0 atom stereocenters. The van der Waals surface area contributed by atoms with Gasteiger partial charge in [-0.05, 0) is 24.0 Å². The quantitative estimate of drug-likeness (QED) is 0.622. The van der Waals surface area contributed by atoms with E-state index in [4.69, 9.17) is 5.11 Å². The van der Waals surface area contributed by atoms with Gasteiger partial charge in [0.2, 0.25) is 6.33 Å². The van der Waals surface area contributed by atoms with Gasteiger partial charge in [0, 0.05) is 10.8 Å². The average Bonchev–Trinajstić information content (AvgIpc) is 2.77. The molecule has 0 fully saturated rings. The average molecular weight is 249 g/mol. The van der Waals surface area contributed by atoms with Crippen LogP contribution in [0.4, 0.5) is 5.95 Å². The largest absolute Gasteiger partial charge is 0.491 e. The fourth-order valence-corrected chi connectivity index (χ4v) is 1.32. The van der Waals surface area contributed by atoms with Crippen LogP contribution in [0, 0.1) is 17.0 Å². The van der Waals surface area contributed by atoms with Crippen molar-refractivity contribution in [2.75, 3.05) is 0 Å². The maximum Gasteiger partial charge on any atom is 0.491 e. The Balaban J connectivity index is 2.57. The molecule has 0 bridgehead atoms. The highest BCUT2D eigenvalue weighted by Crippen LogP contribution is 2.13. The summed E-state index contributed by atoms with van der Waals surface area (Å²) in [6.07, 6.45) is 1.05. The van der Waals surface area contributed by atoms with Gasteiger partial charge in [0.05, 0.1) is 0 Å². The number of carbonyl (C=O) groups is 1. The molecule has 1 N–H and O–H groups in total. The van der Waals surface area contributed by atoms with Crippen LogP contribution in [0.2, 0.25) is 0 Å². The molecule has 0 amide bonds. The highest BCUT2D eigenvalue weighted by molar-refractivity contribution is 5.91. The summed E-state index contributed by atoms with van der Waals surface area (Å²) in [5, 5.41) is 23.0. The molecule has 0 saturated heterocycles. The van der Waals surface area contributed by atoms with Crippen LogP contribution in [0.5, 0.6) is 0 Å². The van der Waals surface area contributed by atoms with Crippen molar-refractivity contribution < 1.29 is 14.8 Å². The van der Waals surface area contributed by atoms with Crippen LogP contribution in [-0.4, -0.2) is 35.7 Å². The minimum atomic E-state index is -1.20. The first kappa shape index (κ1) is 11.6. The second-order valence-corrected chi connectivity index (χ2v) is 3.38. The molecule has 2 rings (SSSR count). The molecule has 0 aromatic carbocycles. The molecule has 2 aromatic rings. The van der Waals surface area contributed by atoms with Gasteiger partial charge in [-0.1, -0.05) is 4.98 Å². The first-order chi connectivity index (χ1) is 8.49. The summed E-state index contributed by atoms with van der Waals surface area (Å²) >= 11 is 0. The van der Waals surface area contributed by atoms with E-state index in [-0.39, 0.29) is 11.4 Å². The van der Waals surface area contributed by atoms with E-state index in [9.17, 15) is 14.9 Å². The second kappa shape index (κ2) is 4.20. The van der Waals surface area contributed by atoms with E-state index < -0.39 is 16.8 Å². The van der Waals surface area contributed by atoms with E-state index in [1.165, 1.54) is 12.1 Å². The monoisotopic (exact) mass is 249 g/mol. The van der Waals surface area contributed by atoms with Gasteiger partial charge in [0.1, 0.15) is 5.56 Å². The Morgan fingerprint density at radius 1 is 1.50 bits per heavy atom. The van der Waals surface area contributed by atoms with Crippen molar-refractivity contribution in [3.8, 4) is 5.82 Å². The van der Waals surface area contributed by atoms with Gasteiger partial charge >= 0.3 is 11.9 Å².